The maximum atomic E-state index is 12.2. The second kappa shape index (κ2) is 9.04. The molecule has 0 atom stereocenters. The number of amides is 1. The van der Waals surface area contributed by atoms with Gasteiger partial charge >= 0.3 is 0 Å². The highest BCUT2D eigenvalue weighted by molar-refractivity contribution is 5.98. The molecule has 122 valence electrons. The zero-order valence-electron chi connectivity index (χ0n) is 13.6. The van der Waals surface area contributed by atoms with Crippen molar-refractivity contribution in [1.82, 2.24) is 10.2 Å². The van der Waals surface area contributed by atoms with Crippen LogP contribution in [0.15, 0.2) is 18.2 Å². The van der Waals surface area contributed by atoms with Gasteiger partial charge in [-0.2, -0.15) is 0 Å². The number of ether oxygens (including phenoxy) is 2. The average molecular weight is 308 g/mol. The molecular formula is C16H24N2O4. The summed E-state index contributed by atoms with van der Waals surface area (Å²) >= 11 is 0. The van der Waals surface area contributed by atoms with Crippen LogP contribution in [0.5, 0.6) is 11.5 Å². The Labute approximate surface area is 131 Å². The number of nitrogens with one attached hydrogen (secondary N) is 1. The first-order valence-electron chi connectivity index (χ1n) is 7.17. The lowest BCUT2D eigenvalue weighted by molar-refractivity contribution is -0.129. The first kappa shape index (κ1) is 18.0. The number of carbonyl (C=O) groups is 2. The van der Waals surface area contributed by atoms with Crippen LogP contribution in [0.1, 0.15) is 23.2 Å². The first-order chi connectivity index (χ1) is 10.5. The van der Waals surface area contributed by atoms with Crippen molar-refractivity contribution in [3.8, 4) is 11.5 Å². The molecular weight excluding hydrogens is 284 g/mol. The number of nitrogens with zero attached hydrogens (tertiary/aromatic N) is 1. The SMILES string of the molecule is CNCCN(C)C(=O)CCC(=O)c1ccc(OC)c(OC)c1. The number of Topliss-reactive ketones (excluding diaryl/α,β-unsaturated/α-hetero) is 1. The standard InChI is InChI=1S/C16H24N2O4/c1-17-9-10-18(2)16(20)8-6-13(19)12-5-7-14(21-3)15(11-12)22-4/h5,7,11,17H,6,8-10H2,1-4H3. The molecule has 0 aromatic heterocycles. The fourth-order valence-corrected chi connectivity index (χ4v) is 1.97. The topological polar surface area (TPSA) is 67.9 Å². The molecule has 1 aromatic rings. The fourth-order valence-electron chi connectivity index (χ4n) is 1.97. The van der Waals surface area contributed by atoms with Gasteiger partial charge in [-0.25, -0.2) is 0 Å². The second-order valence-corrected chi connectivity index (χ2v) is 4.91. The Bertz CT molecular complexity index is 517. The third-order valence-corrected chi connectivity index (χ3v) is 3.39. The van der Waals surface area contributed by atoms with Crippen molar-refractivity contribution in [3.05, 3.63) is 23.8 Å². The van der Waals surface area contributed by atoms with E-state index in [4.69, 9.17) is 9.47 Å². The van der Waals surface area contributed by atoms with Crippen LogP contribution in [0, 0.1) is 0 Å². The number of carbonyl (C=O) groups excluding carboxylic acids is 2. The predicted molar refractivity (Wildman–Crippen MR) is 84.7 cm³/mol. The smallest absolute Gasteiger partial charge is 0.222 e. The van der Waals surface area contributed by atoms with Crippen molar-refractivity contribution in [3.63, 3.8) is 0 Å². The lowest BCUT2D eigenvalue weighted by Gasteiger charge is -2.16. The molecule has 22 heavy (non-hydrogen) atoms. The third-order valence-electron chi connectivity index (χ3n) is 3.39. The molecule has 0 aliphatic carbocycles. The van der Waals surface area contributed by atoms with E-state index >= 15 is 0 Å². The molecule has 1 aromatic carbocycles. The predicted octanol–water partition coefficient (Wildman–Crippen LogP) is 1.34. The molecule has 0 fully saturated rings. The van der Waals surface area contributed by atoms with Gasteiger partial charge in [0.15, 0.2) is 17.3 Å². The maximum absolute atomic E-state index is 12.2. The summed E-state index contributed by atoms with van der Waals surface area (Å²) in [6.45, 7) is 1.35. The summed E-state index contributed by atoms with van der Waals surface area (Å²) in [4.78, 5) is 25.7. The number of hydrogen-bond acceptors (Lipinski definition) is 5. The quantitative estimate of drug-likeness (QED) is 0.697. The molecule has 0 saturated carbocycles. The molecule has 0 spiro atoms. The molecule has 0 saturated heterocycles. The van der Waals surface area contributed by atoms with E-state index in [0.29, 0.717) is 23.6 Å². The van der Waals surface area contributed by atoms with Crippen molar-refractivity contribution < 1.29 is 19.1 Å². The van der Waals surface area contributed by atoms with Gasteiger partial charge in [0.25, 0.3) is 0 Å². The molecule has 0 radical (unpaired) electrons. The Morgan fingerprint density at radius 1 is 1.14 bits per heavy atom. The van der Waals surface area contributed by atoms with Gasteiger partial charge in [-0.05, 0) is 25.2 Å². The zero-order chi connectivity index (χ0) is 16.5. The van der Waals surface area contributed by atoms with Gasteiger partial charge < -0.3 is 19.7 Å². The lowest BCUT2D eigenvalue weighted by Crippen LogP contribution is -2.32. The van der Waals surface area contributed by atoms with E-state index in [1.807, 2.05) is 7.05 Å². The summed E-state index contributed by atoms with van der Waals surface area (Å²) in [6.07, 6.45) is 0.381. The van der Waals surface area contributed by atoms with Crippen LogP contribution in [0.25, 0.3) is 0 Å². The Morgan fingerprint density at radius 2 is 1.82 bits per heavy atom. The number of hydrogen-bond donors (Lipinski definition) is 1. The number of ketones is 1. The number of rotatable bonds is 9. The van der Waals surface area contributed by atoms with E-state index < -0.39 is 0 Å². The summed E-state index contributed by atoms with van der Waals surface area (Å²) in [7, 11) is 6.63. The van der Waals surface area contributed by atoms with Crippen molar-refractivity contribution in [2.45, 2.75) is 12.8 Å². The first-order valence-corrected chi connectivity index (χ1v) is 7.17. The maximum Gasteiger partial charge on any atom is 0.222 e. The highest BCUT2D eigenvalue weighted by atomic mass is 16.5. The summed E-state index contributed by atoms with van der Waals surface area (Å²) in [5.74, 6) is 0.952. The van der Waals surface area contributed by atoms with Crippen LogP contribution in [0.3, 0.4) is 0 Å². The molecule has 1 rings (SSSR count). The second-order valence-electron chi connectivity index (χ2n) is 4.91. The molecule has 0 heterocycles. The summed E-state index contributed by atoms with van der Waals surface area (Å²) in [6, 6.07) is 5.00. The highest BCUT2D eigenvalue weighted by Gasteiger charge is 2.14. The molecule has 0 unspecified atom stereocenters. The normalized spacial score (nSPS) is 10.2. The van der Waals surface area contributed by atoms with Crippen LogP contribution < -0.4 is 14.8 Å². The van der Waals surface area contributed by atoms with Gasteiger partial charge in [0.2, 0.25) is 5.91 Å². The molecule has 1 amide bonds. The van der Waals surface area contributed by atoms with E-state index in [-0.39, 0.29) is 24.5 Å². The summed E-state index contributed by atoms with van der Waals surface area (Å²) < 4.78 is 10.3. The van der Waals surface area contributed by atoms with Gasteiger partial charge in [-0.1, -0.05) is 0 Å². The Balaban J connectivity index is 2.60. The number of likely N-dealkylation sites (N-methyl/N-ethyl adjacent to an activating group) is 2. The van der Waals surface area contributed by atoms with E-state index in [1.165, 1.54) is 7.11 Å². The van der Waals surface area contributed by atoms with Crippen LogP contribution in [-0.4, -0.2) is 58.0 Å². The van der Waals surface area contributed by atoms with Gasteiger partial charge in [-0.15, -0.1) is 0 Å². The van der Waals surface area contributed by atoms with E-state index in [2.05, 4.69) is 5.32 Å². The van der Waals surface area contributed by atoms with Crippen LogP contribution in [0.2, 0.25) is 0 Å². The Kier molecular flexibility index (Phi) is 7.39. The van der Waals surface area contributed by atoms with Crippen molar-refractivity contribution in [2.24, 2.45) is 0 Å². The molecule has 0 aliphatic heterocycles. The van der Waals surface area contributed by atoms with E-state index in [1.54, 1.807) is 37.3 Å². The van der Waals surface area contributed by atoms with Gasteiger partial charge in [0, 0.05) is 38.5 Å². The molecule has 6 heteroatoms. The average Bonchev–Trinajstić information content (AvgIpc) is 2.56. The van der Waals surface area contributed by atoms with Crippen molar-refractivity contribution >= 4 is 11.7 Å². The van der Waals surface area contributed by atoms with Gasteiger partial charge in [0.1, 0.15) is 0 Å². The Hall–Kier alpha value is -2.08. The molecule has 1 N–H and O–H groups in total. The van der Waals surface area contributed by atoms with Crippen molar-refractivity contribution in [1.29, 1.82) is 0 Å². The molecule has 0 bridgehead atoms. The van der Waals surface area contributed by atoms with Gasteiger partial charge in [0.05, 0.1) is 14.2 Å². The molecule has 6 nitrogen and oxygen atoms in total. The van der Waals surface area contributed by atoms with Crippen LogP contribution >= 0.6 is 0 Å². The van der Waals surface area contributed by atoms with Crippen LogP contribution in [-0.2, 0) is 4.79 Å². The van der Waals surface area contributed by atoms with Crippen LogP contribution in [0.4, 0.5) is 0 Å². The third kappa shape index (κ3) is 5.04. The highest BCUT2D eigenvalue weighted by Crippen LogP contribution is 2.28. The summed E-state index contributed by atoms with van der Waals surface area (Å²) in [5.41, 5.74) is 0.517. The zero-order valence-corrected chi connectivity index (χ0v) is 13.6. The fraction of sp³-hybridized carbons (Fsp3) is 0.500. The minimum atomic E-state index is -0.0867. The lowest BCUT2D eigenvalue weighted by atomic mass is 10.1. The van der Waals surface area contributed by atoms with Gasteiger partial charge in [-0.3, -0.25) is 9.59 Å². The number of methoxy groups -OCH3 is 2. The van der Waals surface area contributed by atoms with E-state index in [9.17, 15) is 9.59 Å². The number of benzene rings is 1. The molecule has 0 aliphatic rings. The minimum Gasteiger partial charge on any atom is -0.493 e. The minimum absolute atomic E-state index is 0.0379. The monoisotopic (exact) mass is 308 g/mol. The Morgan fingerprint density at radius 3 is 2.41 bits per heavy atom. The van der Waals surface area contributed by atoms with E-state index in [0.717, 1.165) is 6.54 Å². The van der Waals surface area contributed by atoms with Crippen molar-refractivity contribution in [2.75, 3.05) is 41.4 Å². The largest absolute Gasteiger partial charge is 0.493 e. The summed E-state index contributed by atoms with van der Waals surface area (Å²) in [5, 5.41) is 2.98.